The number of piperidine rings is 1. The first-order valence-corrected chi connectivity index (χ1v) is 10.2. The molecule has 1 aromatic heterocycles. The van der Waals surface area contributed by atoms with Crippen LogP contribution in [0.15, 0.2) is 47.3 Å². The fourth-order valence-electron chi connectivity index (χ4n) is 3.72. The molecule has 0 bridgehead atoms. The molecule has 1 fully saturated rings. The maximum Gasteiger partial charge on any atom is 0.326 e. The number of nitrogens with zero attached hydrogens (tertiary/aromatic N) is 2. The van der Waals surface area contributed by atoms with E-state index in [2.05, 4.69) is 32.9 Å². The van der Waals surface area contributed by atoms with Gasteiger partial charge in [0.1, 0.15) is 11.3 Å². The van der Waals surface area contributed by atoms with Gasteiger partial charge < -0.3 is 19.9 Å². The summed E-state index contributed by atoms with van der Waals surface area (Å²) >= 11 is 2.23. The van der Waals surface area contributed by atoms with E-state index in [0.717, 1.165) is 27.6 Å². The topological polar surface area (TPSA) is 79.4 Å². The van der Waals surface area contributed by atoms with Crippen molar-refractivity contribution in [3.63, 3.8) is 0 Å². The Kier molecular flexibility index (Phi) is 5.29. The number of carbonyl (C=O) groups is 1. The summed E-state index contributed by atoms with van der Waals surface area (Å²) in [5.41, 5.74) is 2.20. The minimum Gasteiger partial charge on any atom is -0.494 e. The maximum atomic E-state index is 12.5. The third kappa shape index (κ3) is 3.60. The largest absolute Gasteiger partial charge is 0.494 e. The van der Waals surface area contributed by atoms with E-state index in [4.69, 9.17) is 4.74 Å². The van der Waals surface area contributed by atoms with Crippen LogP contribution in [0.4, 0.5) is 10.5 Å². The highest BCUT2D eigenvalue weighted by molar-refractivity contribution is 14.1. The van der Waals surface area contributed by atoms with Crippen molar-refractivity contribution in [2.75, 3.05) is 25.5 Å². The Bertz CT molecular complexity index is 1050. The number of urea groups is 1. The Balaban J connectivity index is 1.46. The van der Waals surface area contributed by atoms with Gasteiger partial charge in [-0.15, -0.1) is 0 Å². The van der Waals surface area contributed by atoms with Crippen molar-refractivity contribution in [1.29, 1.82) is 0 Å². The molecule has 0 spiro atoms. The van der Waals surface area contributed by atoms with Crippen LogP contribution in [0.1, 0.15) is 18.9 Å². The number of nitrogens with one attached hydrogen (secondary N) is 2. The van der Waals surface area contributed by atoms with Gasteiger partial charge >= 0.3 is 11.7 Å². The monoisotopic (exact) mass is 492 g/mol. The van der Waals surface area contributed by atoms with E-state index < -0.39 is 0 Å². The number of hydrogen-bond donors (Lipinski definition) is 2. The van der Waals surface area contributed by atoms with Gasteiger partial charge in [0, 0.05) is 28.4 Å². The molecule has 0 saturated carbocycles. The van der Waals surface area contributed by atoms with Crippen LogP contribution in [0.2, 0.25) is 0 Å². The van der Waals surface area contributed by atoms with Crippen LogP contribution in [0.3, 0.4) is 0 Å². The lowest BCUT2D eigenvalue weighted by Gasteiger charge is -2.32. The molecule has 7 nitrogen and oxygen atoms in total. The summed E-state index contributed by atoms with van der Waals surface area (Å²) in [6, 6.07) is 13.3. The van der Waals surface area contributed by atoms with E-state index >= 15 is 0 Å². The van der Waals surface area contributed by atoms with Crippen LogP contribution in [0.5, 0.6) is 5.75 Å². The predicted octanol–water partition coefficient (Wildman–Crippen LogP) is 3.81. The number of methoxy groups -OCH3 is 1. The van der Waals surface area contributed by atoms with Crippen molar-refractivity contribution < 1.29 is 9.53 Å². The number of carbonyl (C=O) groups excluding carboxylic acids is 1. The second-order valence-electron chi connectivity index (χ2n) is 6.81. The number of likely N-dealkylation sites (tertiary alicyclic amines) is 1. The van der Waals surface area contributed by atoms with Crippen molar-refractivity contribution >= 4 is 45.3 Å². The van der Waals surface area contributed by atoms with Gasteiger partial charge in [-0.2, -0.15) is 0 Å². The van der Waals surface area contributed by atoms with Gasteiger partial charge in [-0.3, -0.25) is 4.57 Å². The molecular formula is C20H21IN4O3. The summed E-state index contributed by atoms with van der Waals surface area (Å²) in [7, 11) is 1.59. The van der Waals surface area contributed by atoms with E-state index in [9.17, 15) is 9.59 Å². The first-order valence-electron chi connectivity index (χ1n) is 9.15. The van der Waals surface area contributed by atoms with E-state index in [0.29, 0.717) is 24.4 Å². The smallest absolute Gasteiger partial charge is 0.326 e. The zero-order valence-electron chi connectivity index (χ0n) is 15.4. The fraction of sp³-hybridized carbons (Fsp3) is 0.300. The number of halogens is 1. The molecule has 2 N–H and O–H groups in total. The summed E-state index contributed by atoms with van der Waals surface area (Å²) < 4.78 is 8.27. The maximum absolute atomic E-state index is 12.5. The van der Waals surface area contributed by atoms with Crippen LogP contribution < -0.4 is 15.7 Å². The summed E-state index contributed by atoms with van der Waals surface area (Å²) in [6.07, 6.45) is 1.45. The SMILES string of the molecule is COc1cccc2c1[nH]c(=O)n2C1CCN(C(=O)Nc2ccc(I)cc2)CC1. The minimum absolute atomic E-state index is 0.0516. The number of aromatic amines is 1. The predicted molar refractivity (Wildman–Crippen MR) is 117 cm³/mol. The minimum atomic E-state index is -0.138. The van der Waals surface area contributed by atoms with Crippen molar-refractivity contribution in [2.24, 2.45) is 0 Å². The Morgan fingerprint density at radius 3 is 2.57 bits per heavy atom. The van der Waals surface area contributed by atoms with Crippen molar-refractivity contribution in [3.8, 4) is 5.75 Å². The molecule has 1 aliphatic heterocycles. The summed E-state index contributed by atoms with van der Waals surface area (Å²) in [6.45, 7) is 1.20. The van der Waals surface area contributed by atoms with Crippen LogP contribution >= 0.6 is 22.6 Å². The molecule has 1 aliphatic rings. The highest BCUT2D eigenvalue weighted by Gasteiger charge is 2.26. The highest BCUT2D eigenvalue weighted by atomic mass is 127. The van der Waals surface area contributed by atoms with Crippen molar-refractivity contribution in [2.45, 2.75) is 18.9 Å². The van der Waals surface area contributed by atoms with Crippen LogP contribution in [-0.4, -0.2) is 40.7 Å². The Morgan fingerprint density at radius 1 is 1.18 bits per heavy atom. The number of amides is 2. The third-order valence-electron chi connectivity index (χ3n) is 5.15. The van der Waals surface area contributed by atoms with Gasteiger partial charge in [-0.1, -0.05) is 6.07 Å². The zero-order chi connectivity index (χ0) is 19.7. The molecule has 0 unspecified atom stereocenters. The Labute approximate surface area is 175 Å². The molecule has 3 aromatic rings. The molecule has 0 atom stereocenters. The summed E-state index contributed by atoms with van der Waals surface area (Å²) in [5, 5.41) is 2.94. The summed E-state index contributed by atoms with van der Waals surface area (Å²) in [5.74, 6) is 0.655. The van der Waals surface area contributed by atoms with Crippen LogP contribution in [-0.2, 0) is 0 Å². The third-order valence-corrected chi connectivity index (χ3v) is 5.87. The average molecular weight is 492 g/mol. The molecular weight excluding hydrogens is 471 g/mol. The number of para-hydroxylation sites is 1. The summed E-state index contributed by atoms with van der Waals surface area (Å²) in [4.78, 5) is 29.8. The number of hydrogen-bond acceptors (Lipinski definition) is 3. The van der Waals surface area contributed by atoms with Crippen molar-refractivity contribution in [3.05, 3.63) is 56.5 Å². The second-order valence-corrected chi connectivity index (χ2v) is 8.06. The number of H-pyrrole nitrogens is 1. The normalized spacial score (nSPS) is 15.0. The first kappa shape index (κ1) is 18.9. The molecule has 28 heavy (non-hydrogen) atoms. The molecule has 4 rings (SSSR count). The van der Waals surface area contributed by atoms with Gasteiger partial charge in [-0.25, -0.2) is 9.59 Å². The Morgan fingerprint density at radius 2 is 1.89 bits per heavy atom. The number of aromatic nitrogens is 2. The zero-order valence-corrected chi connectivity index (χ0v) is 17.6. The number of fused-ring (bicyclic) bond motifs is 1. The lowest BCUT2D eigenvalue weighted by Crippen LogP contribution is -2.42. The average Bonchev–Trinajstić information content (AvgIpc) is 3.05. The number of benzene rings is 2. The van der Waals surface area contributed by atoms with Crippen LogP contribution in [0.25, 0.3) is 11.0 Å². The molecule has 146 valence electrons. The standard InChI is InChI=1S/C20H21IN4O3/c1-28-17-4-2-3-16-18(17)23-20(27)25(16)15-9-11-24(12-10-15)19(26)22-14-7-5-13(21)6-8-14/h2-8,15H,9-12H2,1H3,(H,22,26)(H,23,27). The van der Waals surface area contributed by atoms with Gasteiger partial charge in [0.25, 0.3) is 0 Å². The highest BCUT2D eigenvalue weighted by Crippen LogP contribution is 2.28. The van der Waals surface area contributed by atoms with Gasteiger partial charge in [-0.05, 0) is 71.8 Å². The lowest BCUT2D eigenvalue weighted by molar-refractivity contribution is 0.184. The van der Waals surface area contributed by atoms with E-state index in [1.165, 1.54) is 0 Å². The molecule has 2 heterocycles. The van der Waals surface area contributed by atoms with E-state index in [-0.39, 0.29) is 17.8 Å². The molecule has 2 amide bonds. The van der Waals surface area contributed by atoms with Gasteiger partial charge in [0.05, 0.1) is 12.6 Å². The second kappa shape index (κ2) is 7.86. The number of imidazole rings is 1. The molecule has 1 saturated heterocycles. The number of anilines is 1. The number of ether oxygens (including phenoxy) is 1. The van der Waals surface area contributed by atoms with E-state index in [1.54, 1.807) is 16.6 Å². The number of rotatable bonds is 3. The van der Waals surface area contributed by atoms with E-state index in [1.807, 2.05) is 42.5 Å². The fourth-order valence-corrected chi connectivity index (χ4v) is 4.08. The van der Waals surface area contributed by atoms with Gasteiger partial charge in [0.15, 0.2) is 0 Å². The lowest BCUT2D eigenvalue weighted by atomic mass is 10.0. The first-order chi connectivity index (χ1) is 13.6. The molecule has 2 aromatic carbocycles. The quantitative estimate of drug-likeness (QED) is 0.546. The van der Waals surface area contributed by atoms with Crippen molar-refractivity contribution in [1.82, 2.24) is 14.5 Å². The molecule has 0 radical (unpaired) electrons. The van der Waals surface area contributed by atoms with Gasteiger partial charge in [0.2, 0.25) is 0 Å². The molecule has 0 aliphatic carbocycles. The Hall–Kier alpha value is -2.49. The molecule has 8 heteroatoms. The van der Waals surface area contributed by atoms with Crippen LogP contribution in [0, 0.1) is 3.57 Å².